The highest BCUT2D eigenvalue weighted by molar-refractivity contribution is 7.91. The molecular formula is C13H28N2O3S. The van der Waals surface area contributed by atoms with Gasteiger partial charge in [0, 0.05) is 12.1 Å². The fraction of sp³-hybridized carbons (Fsp3) is 1.00. The van der Waals surface area contributed by atoms with E-state index < -0.39 is 15.9 Å². The van der Waals surface area contributed by atoms with Crippen LogP contribution in [0.15, 0.2) is 0 Å². The van der Waals surface area contributed by atoms with Crippen molar-refractivity contribution in [3.05, 3.63) is 0 Å². The minimum absolute atomic E-state index is 0.0640. The largest absolute Gasteiger partial charge is 0.390 e. The predicted octanol–water partition coefficient (Wildman–Crippen LogP) is 0.244. The SMILES string of the molecule is CCN(CC)CCCC(C)NC1CS(=O)(=O)CC1O. The van der Waals surface area contributed by atoms with E-state index in [1.807, 2.05) is 0 Å². The molecule has 6 heteroatoms. The summed E-state index contributed by atoms with van der Waals surface area (Å²) in [5, 5.41) is 13.0. The molecule has 3 atom stereocenters. The summed E-state index contributed by atoms with van der Waals surface area (Å²) in [5.74, 6) is -0.0363. The molecule has 1 saturated heterocycles. The molecule has 0 bridgehead atoms. The first kappa shape index (κ1) is 16.9. The smallest absolute Gasteiger partial charge is 0.154 e. The molecule has 0 aromatic rings. The standard InChI is InChI=1S/C13H28N2O3S/c1-4-15(5-2)8-6-7-11(3)14-12-9-19(17,18)10-13(12)16/h11-14,16H,4-10H2,1-3H3. The molecule has 0 radical (unpaired) electrons. The van der Waals surface area contributed by atoms with Gasteiger partial charge in [0.2, 0.25) is 0 Å². The van der Waals surface area contributed by atoms with E-state index in [0.29, 0.717) is 0 Å². The second-order valence-corrected chi connectivity index (χ2v) is 7.64. The normalized spacial score (nSPS) is 27.8. The Morgan fingerprint density at radius 3 is 2.42 bits per heavy atom. The number of hydrogen-bond donors (Lipinski definition) is 2. The van der Waals surface area contributed by atoms with Crippen molar-refractivity contribution < 1.29 is 13.5 Å². The monoisotopic (exact) mass is 292 g/mol. The first-order chi connectivity index (χ1) is 8.88. The van der Waals surface area contributed by atoms with Crippen LogP contribution in [0.2, 0.25) is 0 Å². The van der Waals surface area contributed by atoms with E-state index in [9.17, 15) is 13.5 Å². The maximum absolute atomic E-state index is 11.4. The highest BCUT2D eigenvalue weighted by Gasteiger charge is 2.36. The number of hydrogen-bond acceptors (Lipinski definition) is 5. The molecule has 19 heavy (non-hydrogen) atoms. The molecule has 0 spiro atoms. The van der Waals surface area contributed by atoms with Crippen LogP contribution in [0.25, 0.3) is 0 Å². The second-order valence-electron chi connectivity index (χ2n) is 5.49. The molecule has 5 nitrogen and oxygen atoms in total. The van der Waals surface area contributed by atoms with E-state index in [2.05, 4.69) is 31.0 Å². The molecule has 2 N–H and O–H groups in total. The van der Waals surface area contributed by atoms with Gasteiger partial charge in [-0.25, -0.2) is 8.42 Å². The Morgan fingerprint density at radius 1 is 1.32 bits per heavy atom. The van der Waals surface area contributed by atoms with Gasteiger partial charge in [-0.3, -0.25) is 0 Å². The fourth-order valence-electron chi connectivity index (χ4n) is 2.60. The molecule has 1 rings (SSSR count). The van der Waals surface area contributed by atoms with E-state index in [4.69, 9.17) is 0 Å². The average Bonchev–Trinajstić information content (AvgIpc) is 2.58. The number of aliphatic hydroxyl groups is 1. The molecule has 0 saturated carbocycles. The number of aliphatic hydroxyl groups excluding tert-OH is 1. The molecule has 0 aliphatic carbocycles. The Balaban J connectivity index is 2.26. The van der Waals surface area contributed by atoms with Crippen LogP contribution in [-0.4, -0.2) is 67.8 Å². The van der Waals surface area contributed by atoms with Crippen LogP contribution >= 0.6 is 0 Å². The average molecular weight is 292 g/mol. The topological polar surface area (TPSA) is 69.6 Å². The summed E-state index contributed by atoms with van der Waals surface area (Å²) in [7, 11) is -3.05. The highest BCUT2D eigenvalue weighted by atomic mass is 32.2. The molecule has 0 aromatic heterocycles. The van der Waals surface area contributed by atoms with Crippen molar-refractivity contribution in [3.63, 3.8) is 0 Å². The zero-order chi connectivity index (χ0) is 14.5. The van der Waals surface area contributed by atoms with Crippen molar-refractivity contribution in [1.82, 2.24) is 10.2 Å². The van der Waals surface area contributed by atoms with Gasteiger partial charge < -0.3 is 15.3 Å². The summed E-state index contributed by atoms with van der Waals surface area (Å²) < 4.78 is 22.8. The molecule has 1 aliphatic heterocycles. The van der Waals surface area contributed by atoms with Gasteiger partial charge in [-0.2, -0.15) is 0 Å². The summed E-state index contributed by atoms with van der Waals surface area (Å²) in [4.78, 5) is 2.38. The Kier molecular flexibility index (Phi) is 6.73. The molecule has 1 heterocycles. The van der Waals surface area contributed by atoms with Crippen molar-refractivity contribution in [2.45, 2.75) is 51.8 Å². The van der Waals surface area contributed by atoms with Crippen molar-refractivity contribution in [3.8, 4) is 0 Å². The number of nitrogens with one attached hydrogen (secondary N) is 1. The summed E-state index contributed by atoms with van der Waals surface area (Å²) in [5.41, 5.74) is 0. The van der Waals surface area contributed by atoms with Gasteiger partial charge in [-0.05, 0) is 39.4 Å². The first-order valence-corrected chi connectivity index (χ1v) is 9.07. The van der Waals surface area contributed by atoms with Crippen LogP contribution in [0.1, 0.15) is 33.6 Å². The summed E-state index contributed by atoms with van der Waals surface area (Å²) in [6, 6.07) is -0.0584. The summed E-state index contributed by atoms with van der Waals surface area (Å²) in [6.45, 7) is 9.58. The molecule has 3 unspecified atom stereocenters. The van der Waals surface area contributed by atoms with E-state index in [1.165, 1.54) is 0 Å². The number of rotatable bonds is 8. The molecule has 0 amide bonds. The van der Waals surface area contributed by atoms with Crippen LogP contribution in [0.3, 0.4) is 0 Å². The lowest BCUT2D eigenvalue weighted by atomic mass is 10.1. The van der Waals surface area contributed by atoms with E-state index in [-0.39, 0.29) is 23.6 Å². The van der Waals surface area contributed by atoms with Crippen LogP contribution in [0.4, 0.5) is 0 Å². The molecular weight excluding hydrogens is 264 g/mol. The van der Waals surface area contributed by atoms with Gasteiger partial charge in [0.15, 0.2) is 9.84 Å². The van der Waals surface area contributed by atoms with Gasteiger partial charge in [0.25, 0.3) is 0 Å². The lowest BCUT2D eigenvalue weighted by molar-refractivity contribution is 0.158. The Bertz CT molecular complexity index is 355. The van der Waals surface area contributed by atoms with Gasteiger partial charge in [0.1, 0.15) is 0 Å². The maximum Gasteiger partial charge on any atom is 0.154 e. The lowest BCUT2D eigenvalue weighted by Crippen LogP contribution is -2.44. The second kappa shape index (κ2) is 7.57. The minimum Gasteiger partial charge on any atom is -0.390 e. The van der Waals surface area contributed by atoms with E-state index >= 15 is 0 Å². The van der Waals surface area contributed by atoms with Crippen molar-refractivity contribution in [2.24, 2.45) is 0 Å². The minimum atomic E-state index is -3.05. The van der Waals surface area contributed by atoms with Crippen LogP contribution in [0.5, 0.6) is 0 Å². The van der Waals surface area contributed by atoms with Crippen LogP contribution in [0, 0.1) is 0 Å². The summed E-state index contributed by atoms with van der Waals surface area (Å²) >= 11 is 0. The summed E-state index contributed by atoms with van der Waals surface area (Å²) in [6.07, 6.45) is 1.33. The van der Waals surface area contributed by atoms with Crippen LogP contribution < -0.4 is 5.32 Å². The third-order valence-electron chi connectivity index (χ3n) is 3.83. The van der Waals surface area contributed by atoms with Crippen LogP contribution in [-0.2, 0) is 9.84 Å². The maximum atomic E-state index is 11.4. The quantitative estimate of drug-likeness (QED) is 0.671. The molecule has 1 aliphatic rings. The Morgan fingerprint density at radius 2 is 1.95 bits per heavy atom. The molecule has 0 aromatic carbocycles. The van der Waals surface area contributed by atoms with Crippen molar-refractivity contribution in [1.29, 1.82) is 0 Å². The van der Waals surface area contributed by atoms with Gasteiger partial charge in [-0.1, -0.05) is 13.8 Å². The first-order valence-electron chi connectivity index (χ1n) is 7.24. The number of nitrogens with zero attached hydrogens (tertiary/aromatic N) is 1. The van der Waals surface area contributed by atoms with E-state index in [1.54, 1.807) is 0 Å². The van der Waals surface area contributed by atoms with Crippen molar-refractivity contribution in [2.75, 3.05) is 31.1 Å². The zero-order valence-corrected chi connectivity index (χ0v) is 13.1. The van der Waals surface area contributed by atoms with E-state index in [0.717, 1.165) is 32.5 Å². The Labute approximate surface area is 117 Å². The predicted molar refractivity (Wildman–Crippen MR) is 78.1 cm³/mol. The molecule has 114 valence electrons. The van der Waals surface area contributed by atoms with Gasteiger partial charge in [0.05, 0.1) is 17.6 Å². The third kappa shape index (κ3) is 5.77. The number of sulfone groups is 1. The zero-order valence-electron chi connectivity index (χ0n) is 12.3. The fourth-order valence-corrected chi connectivity index (χ4v) is 4.35. The lowest BCUT2D eigenvalue weighted by Gasteiger charge is -2.23. The molecule has 1 fully saturated rings. The Hall–Kier alpha value is -0.170. The van der Waals surface area contributed by atoms with Gasteiger partial charge >= 0.3 is 0 Å². The highest BCUT2D eigenvalue weighted by Crippen LogP contribution is 2.14. The third-order valence-corrected chi connectivity index (χ3v) is 5.54. The van der Waals surface area contributed by atoms with Gasteiger partial charge in [-0.15, -0.1) is 0 Å². The van der Waals surface area contributed by atoms with Crippen molar-refractivity contribution >= 4 is 9.84 Å².